The fourth-order valence-electron chi connectivity index (χ4n) is 4.82. The number of aromatic nitrogens is 2. The number of ether oxygens (including phenoxy) is 1. The summed E-state index contributed by atoms with van der Waals surface area (Å²) >= 11 is 7.74. The van der Waals surface area contributed by atoms with Gasteiger partial charge in [-0.25, -0.2) is 15.1 Å². The summed E-state index contributed by atoms with van der Waals surface area (Å²) in [6.07, 6.45) is 3.20. The SMILES string of the molecule is NS(=O)(=O)OC[C@H]1C[C@@H](Nc2ncncc2C(=O)c2ccc([C@@H]3OCCc4c(Cl)cccc43)s2)C[C@@H]1O. The van der Waals surface area contributed by atoms with Gasteiger partial charge in [0.05, 0.1) is 29.8 Å². The summed E-state index contributed by atoms with van der Waals surface area (Å²) in [6, 6.07) is 9.17. The van der Waals surface area contributed by atoms with E-state index >= 15 is 0 Å². The second-order valence-electron chi connectivity index (χ2n) is 9.04. The number of halogens is 1. The van der Waals surface area contributed by atoms with Crippen LogP contribution in [-0.4, -0.2) is 54.6 Å². The lowest BCUT2D eigenvalue weighted by Crippen LogP contribution is -2.24. The summed E-state index contributed by atoms with van der Waals surface area (Å²) < 4.78 is 32.9. The van der Waals surface area contributed by atoms with E-state index in [4.69, 9.17) is 21.5 Å². The Balaban J connectivity index is 1.32. The van der Waals surface area contributed by atoms with Crippen LogP contribution in [0.5, 0.6) is 0 Å². The number of thiophene rings is 1. The molecular formula is C24H25ClN4O6S2. The first-order valence-electron chi connectivity index (χ1n) is 11.6. The van der Waals surface area contributed by atoms with Crippen LogP contribution < -0.4 is 10.5 Å². The van der Waals surface area contributed by atoms with E-state index < -0.39 is 22.3 Å². The molecule has 3 heterocycles. The van der Waals surface area contributed by atoms with Crippen molar-refractivity contribution in [3.05, 3.63) is 74.3 Å². The lowest BCUT2D eigenvalue weighted by molar-refractivity contribution is 0.0722. The Hall–Kier alpha value is -2.45. The van der Waals surface area contributed by atoms with Gasteiger partial charge in [0.15, 0.2) is 0 Å². The lowest BCUT2D eigenvalue weighted by atomic mass is 9.96. The maximum atomic E-state index is 13.5. The standard InChI is InChI=1S/C24H25ClN4O6S2/c25-18-3-1-2-16-15(18)6-7-34-23(16)21-5-4-20(36-21)22(31)17-10-27-12-28-24(17)29-14-8-13(19(30)9-14)11-35-37(26,32)33/h1-5,10,12-14,19,23,30H,6-9,11H2,(H2,26,32,33)(H,27,28,29)/t13-,14-,19+,23-/m1/s1. The zero-order valence-electron chi connectivity index (χ0n) is 19.5. The number of nitrogens with one attached hydrogen (secondary N) is 1. The van der Waals surface area contributed by atoms with Gasteiger partial charge in [0.2, 0.25) is 5.78 Å². The molecule has 196 valence electrons. The predicted molar refractivity (Wildman–Crippen MR) is 138 cm³/mol. The molecule has 0 saturated heterocycles. The van der Waals surface area contributed by atoms with Crippen molar-refractivity contribution in [3.63, 3.8) is 0 Å². The molecular weight excluding hydrogens is 540 g/mol. The smallest absolute Gasteiger partial charge is 0.333 e. The van der Waals surface area contributed by atoms with Gasteiger partial charge < -0.3 is 15.2 Å². The molecule has 1 aromatic carbocycles. The molecule has 1 aliphatic heterocycles. The van der Waals surface area contributed by atoms with Crippen LogP contribution in [0.25, 0.3) is 0 Å². The molecule has 4 atom stereocenters. The summed E-state index contributed by atoms with van der Waals surface area (Å²) in [5, 5.41) is 19.1. The number of ketones is 1. The number of aliphatic hydroxyl groups is 1. The Bertz CT molecular complexity index is 1420. The highest BCUT2D eigenvalue weighted by Crippen LogP contribution is 2.39. The number of carbonyl (C=O) groups excluding carboxylic acids is 1. The quantitative estimate of drug-likeness (QED) is 0.350. The first-order chi connectivity index (χ1) is 17.7. The van der Waals surface area contributed by atoms with Crippen molar-refractivity contribution in [2.45, 2.75) is 37.5 Å². The Kier molecular flexibility index (Phi) is 7.59. The number of nitrogens with two attached hydrogens (primary N) is 1. The van der Waals surface area contributed by atoms with E-state index in [0.717, 1.165) is 22.4 Å². The van der Waals surface area contributed by atoms with Gasteiger partial charge >= 0.3 is 10.3 Å². The van der Waals surface area contributed by atoms with Crippen molar-refractivity contribution in [1.82, 2.24) is 9.97 Å². The average molecular weight is 565 g/mol. The van der Waals surface area contributed by atoms with Gasteiger partial charge in [0.25, 0.3) is 0 Å². The topological polar surface area (TPSA) is 154 Å². The van der Waals surface area contributed by atoms with Gasteiger partial charge in [0, 0.05) is 28.1 Å². The number of rotatable bonds is 8. The maximum absolute atomic E-state index is 13.5. The van der Waals surface area contributed by atoms with Gasteiger partial charge in [-0.15, -0.1) is 11.3 Å². The highest BCUT2D eigenvalue weighted by molar-refractivity contribution is 7.84. The molecule has 37 heavy (non-hydrogen) atoms. The molecule has 0 bridgehead atoms. The number of benzene rings is 1. The molecule has 5 rings (SSSR count). The maximum Gasteiger partial charge on any atom is 0.333 e. The first-order valence-corrected chi connectivity index (χ1v) is 14.3. The molecule has 10 nitrogen and oxygen atoms in total. The van der Waals surface area contributed by atoms with Crippen molar-refractivity contribution in [1.29, 1.82) is 0 Å². The number of anilines is 1. The molecule has 1 aliphatic carbocycles. The largest absolute Gasteiger partial charge is 0.393 e. The fraction of sp³-hybridized carbons (Fsp3) is 0.375. The summed E-state index contributed by atoms with van der Waals surface area (Å²) in [5.41, 5.74) is 2.37. The number of aliphatic hydroxyl groups excluding tert-OH is 1. The third-order valence-corrected chi connectivity index (χ3v) is 8.53. The number of nitrogens with zero attached hydrogens (tertiary/aromatic N) is 2. The third kappa shape index (κ3) is 5.85. The van der Waals surface area contributed by atoms with E-state index in [1.54, 1.807) is 6.07 Å². The Morgan fingerprint density at radius 3 is 2.95 bits per heavy atom. The molecule has 1 saturated carbocycles. The van der Waals surface area contributed by atoms with Gasteiger partial charge in [-0.2, -0.15) is 8.42 Å². The molecule has 0 spiro atoms. The van der Waals surface area contributed by atoms with Crippen LogP contribution in [0.3, 0.4) is 0 Å². The minimum atomic E-state index is -4.10. The zero-order chi connectivity index (χ0) is 26.2. The van der Waals surface area contributed by atoms with Crippen LogP contribution in [0, 0.1) is 5.92 Å². The monoisotopic (exact) mass is 564 g/mol. The first kappa shape index (κ1) is 26.2. The van der Waals surface area contributed by atoms with Crippen LogP contribution >= 0.6 is 22.9 Å². The molecule has 13 heteroatoms. The summed E-state index contributed by atoms with van der Waals surface area (Å²) in [7, 11) is -4.10. The van der Waals surface area contributed by atoms with Crippen molar-refractivity contribution in [3.8, 4) is 0 Å². The van der Waals surface area contributed by atoms with E-state index in [1.165, 1.54) is 23.9 Å². The van der Waals surface area contributed by atoms with Gasteiger partial charge in [0.1, 0.15) is 18.2 Å². The summed E-state index contributed by atoms with van der Waals surface area (Å²) in [6.45, 7) is 0.322. The molecule has 4 N–H and O–H groups in total. The number of carbonyl (C=O) groups is 1. The molecule has 0 amide bonds. The number of fused-ring (bicyclic) bond motifs is 1. The minimum absolute atomic E-state index is 0.219. The average Bonchev–Trinajstić information content (AvgIpc) is 3.49. The molecule has 1 fully saturated rings. The van der Waals surface area contributed by atoms with Crippen LogP contribution in [0.1, 0.15) is 50.2 Å². The highest BCUT2D eigenvalue weighted by atomic mass is 35.5. The van der Waals surface area contributed by atoms with Gasteiger partial charge in [-0.05, 0) is 48.6 Å². The second-order valence-corrected chi connectivity index (χ2v) is 11.8. The third-order valence-electron chi connectivity index (χ3n) is 6.58. The van der Waals surface area contributed by atoms with Crippen LogP contribution in [0.2, 0.25) is 5.02 Å². The van der Waals surface area contributed by atoms with E-state index in [-0.39, 0.29) is 24.5 Å². The molecule has 3 aromatic rings. The second kappa shape index (κ2) is 10.7. The van der Waals surface area contributed by atoms with Gasteiger partial charge in [-0.3, -0.25) is 8.98 Å². The Labute approximate surface area is 223 Å². The predicted octanol–water partition coefficient (Wildman–Crippen LogP) is 2.86. The molecule has 0 unspecified atom stereocenters. The van der Waals surface area contributed by atoms with E-state index in [1.807, 2.05) is 24.3 Å². The fourth-order valence-corrected chi connectivity index (χ4v) is 6.49. The molecule has 2 aliphatic rings. The van der Waals surface area contributed by atoms with Crippen molar-refractivity contribution >= 4 is 44.8 Å². The normalized spacial score (nSPS) is 23.5. The van der Waals surface area contributed by atoms with Crippen LogP contribution in [-0.2, 0) is 25.6 Å². The minimum Gasteiger partial charge on any atom is -0.393 e. The number of hydrogen-bond acceptors (Lipinski definition) is 10. The van der Waals surface area contributed by atoms with Crippen LogP contribution in [0.4, 0.5) is 5.82 Å². The van der Waals surface area contributed by atoms with Crippen LogP contribution in [0.15, 0.2) is 42.9 Å². The van der Waals surface area contributed by atoms with Crippen molar-refractivity contribution < 1.29 is 27.2 Å². The highest BCUT2D eigenvalue weighted by Gasteiger charge is 2.35. The molecule has 0 radical (unpaired) electrons. The van der Waals surface area contributed by atoms with Gasteiger partial charge in [-0.1, -0.05) is 23.7 Å². The Morgan fingerprint density at radius 1 is 1.30 bits per heavy atom. The summed E-state index contributed by atoms with van der Waals surface area (Å²) in [4.78, 5) is 23.2. The molecule has 2 aromatic heterocycles. The number of hydrogen-bond donors (Lipinski definition) is 3. The van der Waals surface area contributed by atoms with E-state index in [0.29, 0.717) is 40.7 Å². The summed E-state index contributed by atoms with van der Waals surface area (Å²) in [5.74, 6) is -0.330. The van der Waals surface area contributed by atoms with E-state index in [2.05, 4.69) is 19.5 Å². The lowest BCUT2D eigenvalue weighted by Gasteiger charge is -2.26. The van der Waals surface area contributed by atoms with E-state index in [9.17, 15) is 18.3 Å². The van der Waals surface area contributed by atoms with Crippen molar-refractivity contribution in [2.75, 3.05) is 18.5 Å². The zero-order valence-corrected chi connectivity index (χ0v) is 21.9. The van der Waals surface area contributed by atoms with Crippen molar-refractivity contribution in [2.24, 2.45) is 11.1 Å². The Morgan fingerprint density at radius 2 is 2.14 bits per heavy atom.